The second-order valence-corrected chi connectivity index (χ2v) is 3.04. The topological polar surface area (TPSA) is 43.1 Å². The highest BCUT2D eigenvalue weighted by Crippen LogP contribution is 2.34. The van der Waals surface area contributed by atoms with Crippen LogP contribution in [0, 0.1) is 0 Å². The number of rotatable bonds is 2. The highest BCUT2D eigenvalue weighted by molar-refractivity contribution is 5.67. The smallest absolute Gasteiger partial charge is 0.436 e. The number of hydrogen-bond donors (Lipinski definition) is 0. The van der Waals surface area contributed by atoms with Gasteiger partial charge < -0.3 is 4.42 Å². The predicted octanol–water partition coefficient (Wildman–Crippen LogP) is 2.63. The molecule has 0 bridgehead atoms. The van der Waals surface area contributed by atoms with E-state index in [4.69, 9.17) is 0 Å². The van der Waals surface area contributed by atoms with Gasteiger partial charge in [-0.3, -0.25) is 4.79 Å². The molecule has 78 valence electrons. The third kappa shape index (κ3) is 1.94. The van der Waals surface area contributed by atoms with Crippen molar-refractivity contribution in [2.45, 2.75) is 25.9 Å². The first-order chi connectivity index (χ1) is 6.36. The summed E-state index contributed by atoms with van der Waals surface area (Å²) in [6.07, 6.45) is -4.43. The first-order valence-electron chi connectivity index (χ1n) is 3.89. The van der Waals surface area contributed by atoms with E-state index in [9.17, 15) is 18.0 Å². The maximum Gasteiger partial charge on any atom is 0.436 e. The van der Waals surface area contributed by atoms with Gasteiger partial charge in [-0.25, -0.2) is 4.98 Å². The van der Waals surface area contributed by atoms with Gasteiger partial charge in [0.15, 0.2) is 5.69 Å². The maximum atomic E-state index is 12.3. The summed E-state index contributed by atoms with van der Waals surface area (Å²) in [6.45, 7) is 3.06. The van der Waals surface area contributed by atoms with Crippen LogP contribution in [0.4, 0.5) is 13.2 Å². The molecule has 0 radical (unpaired) electrons. The molecule has 0 aliphatic rings. The van der Waals surface area contributed by atoms with Crippen LogP contribution in [0.3, 0.4) is 0 Å². The van der Waals surface area contributed by atoms with Crippen molar-refractivity contribution in [1.29, 1.82) is 0 Å². The monoisotopic (exact) mass is 207 g/mol. The quantitative estimate of drug-likeness (QED) is 0.700. The van der Waals surface area contributed by atoms with Crippen LogP contribution in [-0.2, 0) is 6.18 Å². The Balaban J connectivity index is 3.26. The lowest BCUT2D eigenvalue weighted by molar-refractivity contribution is -0.142. The fraction of sp³-hybridized carbons (Fsp3) is 0.500. The van der Waals surface area contributed by atoms with Crippen molar-refractivity contribution in [3.05, 3.63) is 17.3 Å². The maximum absolute atomic E-state index is 12.3. The Morgan fingerprint density at radius 1 is 1.43 bits per heavy atom. The molecule has 6 heteroatoms. The van der Waals surface area contributed by atoms with Crippen LogP contribution >= 0.6 is 0 Å². The lowest BCUT2D eigenvalue weighted by Gasteiger charge is -2.06. The molecule has 14 heavy (non-hydrogen) atoms. The molecule has 0 N–H and O–H groups in total. The molecule has 0 atom stereocenters. The summed E-state index contributed by atoms with van der Waals surface area (Å²) >= 11 is 0. The van der Waals surface area contributed by atoms with Gasteiger partial charge in [0.25, 0.3) is 5.89 Å². The number of aldehydes is 1. The molecule has 0 saturated heterocycles. The fourth-order valence-electron chi connectivity index (χ4n) is 0.994. The van der Waals surface area contributed by atoms with Crippen LogP contribution < -0.4 is 0 Å². The molecule has 0 saturated carbocycles. The number of alkyl halides is 3. The van der Waals surface area contributed by atoms with Crippen LogP contribution in [0.5, 0.6) is 0 Å². The van der Waals surface area contributed by atoms with Crippen molar-refractivity contribution in [1.82, 2.24) is 4.98 Å². The molecule has 0 fully saturated rings. The van der Waals surface area contributed by atoms with E-state index < -0.39 is 23.7 Å². The van der Waals surface area contributed by atoms with Gasteiger partial charge >= 0.3 is 6.18 Å². The van der Waals surface area contributed by atoms with Crippen molar-refractivity contribution in [2.75, 3.05) is 0 Å². The van der Waals surface area contributed by atoms with Gasteiger partial charge in [-0.05, 0) is 0 Å². The average Bonchev–Trinajstić information content (AvgIpc) is 2.46. The summed E-state index contributed by atoms with van der Waals surface area (Å²) < 4.78 is 41.6. The second kappa shape index (κ2) is 3.43. The van der Waals surface area contributed by atoms with E-state index in [0.29, 0.717) is 0 Å². The summed E-state index contributed by atoms with van der Waals surface area (Å²) in [6, 6.07) is 0. The number of halogens is 3. The number of nitrogens with zero attached hydrogens (tertiary/aromatic N) is 1. The van der Waals surface area contributed by atoms with E-state index in [1.54, 1.807) is 0 Å². The first-order valence-corrected chi connectivity index (χ1v) is 3.89. The number of carbonyl (C=O) groups is 1. The average molecular weight is 207 g/mol. The van der Waals surface area contributed by atoms with Crippen molar-refractivity contribution < 1.29 is 22.4 Å². The largest absolute Gasteiger partial charge is 0.438 e. The Kier molecular flexibility index (Phi) is 2.64. The molecule has 0 spiro atoms. The third-order valence-electron chi connectivity index (χ3n) is 1.56. The SMILES string of the molecule is CC(C)c1oc(C=O)nc1C(F)(F)F. The van der Waals surface area contributed by atoms with Gasteiger partial charge in [0, 0.05) is 5.92 Å². The molecule has 0 unspecified atom stereocenters. The van der Waals surface area contributed by atoms with Gasteiger partial charge in [0.1, 0.15) is 5.76 Å². The Morgan fingerprint density at radius 2 is 2.00 bits per heavy atom. The van der Waals surface area contributed by atoms with Gasteiger partial charge in [-0.1, -0.05) is 13.8 Å². The van der Waals surface area contributed by atoms with Crippen molar-refractivity contribution in [3.8, 4) is 0 Å². The second-order valence-electron chi connectivity index (χ2n) is 3.04. The van der Waals surface area contributed by atoms with Crippen LogP contribution in [0.25, 0.3) is 0 Å². The lowest BCUT2D eigenvalue weighted by Crippen LogP contribution is -2.09. The number of carbonyl (C=O) groups excluding carboxylic acids is 1. The van der Waals surface area contributed by atoms with Crippen molar-refractivity contribution in [2.24, 2.45) is 0 Å². The van der Waals surface area contributed by atoms with Crippen LogP contribution in [0.15, 0.2) is 4.42 Å². The molecule has 0 aliphatic heterocycles. The molecule has 1 rings (SSSR count). The zero-order valence-electron chi connectivity index (χ0n) is 7.55. The van der Waals surface area contributed by atoms with Gasteiger partial charge in [-0.15, -0.1) is 0 Å². The summed E-state index contributed by atoms with van der Waals surface area (Å²) in [7, 11) is 0. The van der Waals surface area contributed by atoms with Crippen LogP contribution in [-0.4, -0.2) is 11.3 Å². The minimum absolute atomic E-state index is 0.154. The van der Waals surface area contributed by atoms with Crippen LogP contribution in [0.1, 0.15) is 41.9 Å². The van der Waals surface area contributed by atoms with Crippen molar-refractivity contribution >= 4 is 6.29 Å². The molecule has 1 aromatic heterocycles. The number of hydrogen-bond acceptors (Lipinski definition) is 3. The van der Waals surface area contributed by atoms with Crippen LogP contribution in [0.2, 0.25) is 0 Å². The third-order valence-corrected chi connectivity index (χ3v) is 1.56. The highest BCUT2D eigenvalue weighted by Gasteiger charge is 2.39. The fourth-order valence-corrected chi connectivity index (χ4v) is 0.994. The van der Waals surface area contributed by atoms with E-state index in [1.165, 1.54) is 13.8 Å². The minimum atomic E-state index is -4.58. The Morgan fingerprint density at radius 3 is 2.29 bits per heavy atom. The van der Waals surface area contributed by atoms with Crippen molar-refractivity contribution in [3.63, 3.8) is 0 Å². The molecule has 1 aromatic rings. The highest BCUT2D eigenvalue weighted by atomic mass is 19.4. The standard InChI is InChI=1S/C8H8F3NO2/c1-4(2)6-7(8(9,10)11)12-5(3-13)14-6/h3-4H,1-2H3. The van der Waals surface area contributed by atoms with Gasteiger partial charge in [-0.2, -0.15) is 13.2 Å². The zero-order chi connectivity index (χ0) is 10.9. The number of aromatic nitrogens is 1. The van der Waals surface area contributed by atoms with E-state index in [1.807, 2.05) is 0 Å². The molecule has 0 aliphatic carbocycles. The Bertz CT molecular complexity index is 341. The molecule has 1 heterocycles. The lowest BCUT2D eigenvalue weighted by atomic mass is 10.1. The summed E-state index contributed by atoms with van der Waals surface area (Å²) in [5.74, 6) is -1.31. The van der Waals surface area contributed by atoms with E-state index in [2.05, 4.69) is 9.40 Å². The summed E-state index contributed by atoms with van der Waals surface area (Å²) in [5, 5.41) is 0. The molecule has 0 amide bonds. The predicted molar refractivity (Wildman–Crippen MR) is 41.0 cm³/mol. The Labute approximate surface area is 77.9 Å². The normalized spacial score (nSPS) is 12.1. The molecule has 3 nitrogen and oxygen atoms in total. The molecular formula is C8H8F3NO2. The summed E-state index contributed by atoms with van der Waals surface area (Å²) in [4.78, 5) is 13.3. The van der Waals surface area contributed by atoms with E-state index >= 15 is 0 Å². The first kappa shape index (κ1) is 10.7. The van der Waals surface area contributed by atoms with E-state index in [-0.39, 0.29) is 12.0 Å². The Hall–Kier alpha value is -1.33. The van der Waals surface area contributed by atoms with E-state index in [0.717, 1.165) is 0 Å². The minimum Gasteiger partial charge on any atom is -0.438 e. The van der Waals surface area contributed by atoms with Gasteiger partial charge in [0.2, 0.25) is 6.29 Å². The number of oxazole rings is 1. The zero-order valence-corrected chi connectivity index (χ0v) is 7.55. The van der Waals surface area contributed by atoms with Gasteiger partial charge in [0.05, 0.1) is 0 Å². The molecular weight excluding hydrogens is 199 g/mol. The summed E-state index contributed by atoms with van der Waals surface area (Å²) in [5.41, 5.74) is -1.12. The molecule has 0 aromatic carbocycles.